The third-order valence-electron chi connectivity index (χ3n) is 4.67. The Morgan fingerprint density at radius 3 is 2.39 bits per heavy atom. The molecule has 2 aliphatic carbocycles. The van der Waals surface area contributed by atoms with Gasteiger partial charge in [-0.15, -0.1) is 0 Å². The Hall–Kier alpha value is -0.820. The molecule has 1 N–H and O–H groups in total. The van der Waals surface area contributed by atoms with Crippen LogP contribution >= 0.6 is 0 Å². The molecule has 98 valence electrons. The van der Waals surface area contributed by atoms with Crippen LogP contribution in [0.1, 0.15) is 56.4 Å². The molecule has 2 saturated carbocycles. The topological polar surface area (TPSA) is 12.0 Å². The molecule has 0 bridgehead atoms. The Labute approximate surface area is 111 Å². The van der Waals surface area contributed by atoms with Gasteiger partial charge in [0.1, 0.15) is 0 Å². The van der Waals surface area contributed by atoms with Crippen molar-refractivity contribution in [2.45, 2.75) is 56.9 Å². The Kier molecular flexibility index (Phi) is 3.99. The van der Waals surface area contributed by atoms with Crippen LogP contribution in [0.15, 0.2) is 30.3 Å². The zero-order chi connectivity index (χ0) is 12.2. The minimum atomic E-state index is 0.810. The molecule has 1 aromatic carbocycles. The summed E-state index contributed by atoms with van der Waals surface area (Å²) in [6.07, 6.45) is 9.98. The van der Waals surface area contributed by atoms with Gasteiger partial charge in [0.25, 0.3) is 0 Å². The van der Waals surface area contributed by atoms with E-state index in [0.717, 1.165) is 17.9 Å². The van der Waals surface area contributed by atoms with Crippen molar-refractivity contribution in [2.75, 3.05) is 6.54 Å². The second kappa shape index (κ2) is 5.88. The maximum absolute atomic E-state index is 3.82. The summed E-state index contributed by atoms with van der Waals surface area (Å²) in [7, 11) is 0. The highest BCUT2D eigenvalue weighted by atomic mass is 14.9. The average Bonchev–Trinajstić information content (AvgIpc) is 3.22. The number of hydrogen-bond donors (Lipinski definition) is 1. The van der Waals surface area contributed by atoms with Crippen molar-refractivity contribution < 1.29 is 0 Å². The summed E-state index contributed by atoms with van der Waals surface area (Å²) in [5.74, 6) is 1.74. The molecule has 2 aliphatic rings. The van der Waals surface area contributed by atoms with Crippen LogP contribution in [0.4, 0.5) is 0 Å². The summed E-state index contributed by atoms with van der Waals surface area (Å²) in [6, 6.07) is 11.8. The lowest BCUT2D eigenvalue weighted by molar-refractivity contribution is 0.448. The number of benzene rings is 1. The van der Waals surface area contributed by atoms with Crippen molar-refractivity contribution in [1.29, 1.82) is 0 Å². The highest BCUT2D eigenvalue weighted by Gasteiger charge is 2.37. The van der Waals surface area contributed by atoms with E-state index in [0.29, 0.717) is 0 Å². The van der Waals surface area contributed by atoms with Crippen LogP contribution in [0.5, 0.6) is 0 Å². The van der Waals surface area contributed by atoms with Crippen LogP contribution in [-0.4, -0.2) is 12.6 Å². The highest BCUT2D eigenvalue weighted by molar-refractivity contribution is 5.25. The van der Waals surface area contributed by atoms with Crippen LogP contribution in [0, 0.1) is 5.92 Å². The molecule has 0 aromatic heterocycles. The van der Waals surface area contributed by atoms with E-state index in [4.69, 9.17) is 0 Å². The molecule has 0 heterocycles. The van der Waals surface area contributed by atoms with Gasteiger partial charge < -0.3 is 5.32 Å². The molecular formula is C17H25N. The van der Waals surface area contributed by atoms with Crippen molar-refractivity contribution in [2.24, 2.45) is 5.92 Å². The van der Waals surface area contributed by atoms with Gasteiger partial charge in [-0.25, -0.2) is 0 Å². The van der Waals surface area contributed by atoms with Gasteiger partial charge in [0.15, 0.2) is 0 Å². The molecule has 0 aliphatic heterocycles. The minimum Gasteiger partial charge on any atom is -0.314 e. The van der Waals surface area contributed by atoms with E-state index in [2.05, 4.69) is 35.6 Å². The lowest BCUT2D eigenvalue weighted by Crippen LogP contribution is -2.30. The summed E-state index contributed by atoms with van der Waals surface area (Å²) < 4.78 is 0. The van der Waals surface area contributed by atoms with Gasteiger partial charge in [0, 0.05) is 6.04 Å². The summed E-state index contributed by atoms with van der Waals surface area (Å²) in [6.45, 7) is 1.24. The van der Waals surface area contributed by atoms with Gasteiger partial charge >= 0.3 is 0 Å². The summed E-state index contributed by atoms with van der Waals surface area (Å²) in [4.78, 5) is 0. The average molecular weight is 243 g/mol. The largest absolute Gasteiger partial charge is 0.314 e. The summed E-state index contributed by atoms with van der Waals surface area (Å²) >= 11 is 0. The first-order chi connectivity index (χ1) is 8.93. The van der Waals surface area contributed by atoms with Crippen molar-refractivity contribution >= 4 is 0 Å². The fourth-order valence-corrected chi connectivity index (χ4v) is 3.38. The summed E-state index contributed by atoms with van der Waals surface area (Å²) in [5.41, 5.74) is 1.55. The monoisotopic (exact) mass is 243 g/mol. The molecule has 1 nitrogen and oxygen atoms in total. The zero-order valence-corrected chi connectivity index (χ0v) is 11.3. The third kappa shape index (κ3) is 3.14. The minimum absolute atomic E-state index is 0.810. The molecule has 2 unspecified atom stereocenters. The molecular weight excluding hydrogens is 218 g/mol. The van der Waals surface area contributed by atoms with E-state index in [1.807, 2.05) is 0 Å². The zero-order valence-electron chi connectivity index (χ0n) is 11.3. The van der Waals surface area contributed by atoms with Crippen molar-refractivity contribution in [3.05, 3.63) is 35.9 Å². The van der Waals surface area contributed by atoms with Gasteiger partial charge in [0.2, 0.25) is 0 Å². The Balaban J connectivity index is 1.43. The van der Waals surface area contributed by atoms with E-state index >= 15 is 0 Å². The van der Waals surface area contributed by atoms with E-state index < -0.39 is 0 Å². The van der Waals surface area contributed by atoms with Gasteiger partial charge in [-0.05, 0) is 43.2 Å². The first-order valence-corrected chi connectivity index (χ1v) is 7.72. The van der Waals surface area contributed by atoms with Gasteiger partial charge in [-0.1, -0.05) is 56.0 Å². The molecule has 1 aromatic rings. The third-order valence-corrected chi connectivity index (χ3v) is 4.67. The number of hydrogen-bond acceptors (Lipinski definition) is 1. The van der Waals surface area contributed by atoms with Crippen LogP contribution in [0.2, 0.25) is 0 Å². The molecule has 0 amide bonds. The van der Waals surface area contributed by atoms with Crippen LogP contribution < -0.4 is 5.32 Å². The fourth-order valence-electron chi connectivity index (χ4n) is 3.38. The van der Waals surface area contributed by atoms with E-state index in [9.17, 15) is 0 Å². The van der Waals surface area contributed by atoms with E-state index in [1.165, 1.54) is 51.5 Å². The standard InChI is InChI=1S/C17H25N/c1-2-7-11-16(10-6-1)18-13-15-12-17(15)14-8-4-3-5-9-14/h3-5,8-9,15-18H,1-2,6-7,10-13H2. The van der Waals surface area contributed by atoms with Crippen molar-refractivity contribution in [3.8, 4) is 0 Å². The SMILES string of the molecule is c1ccc(C2CC2CNC2CCCCCC2)cc1. The lowest BCUT2D eigenvalue weighted by Gasteiger charge is -2.16. The fraction of sp³-hybridized carbons (Fsp3) is 0.647. The first-order valence-electron chi connectivity index (χ1n) is 7.72. The van der Waals surface area contributed by atoms with Crippen LogP contribution in [0.3, 0.4) is 0 Å². The molecule has 2 fully saturated rings. The van der Waals surface area contributed by atoms with Gasteiger partial charge in [0.05, 0.1) is 0 Å². The predicted octanol–water partition coefficient (Wildman–Crippen LogP) is 4.10. The maximum Gasteiger partial charge on any atom is 0.00671 e. The second-order valence-corrected chi connectivity index (χ2v) is 6.11. The van der Waals surface area contributed by atoms with Crippen LogP contribution in [-0.2, 0) is 0 Å². The quantitative estimate of drug-likeness (QED) is 0.785. The molecule has 3 rings (SSSR count). The molecule has 1 heteroatoms. The molecule has 18 heavy (non-hydrogen) atoms. The Bertz CT molecular complexity index is 351. The smallest absolute Gasteiger partial charge is 0.00671 e. The Morgan fingerprint density at radius 2 is 1.67 bits per heavy atom. The molecule has 0 radical (unpaired) electrons. The normalized spacial score (nSPS) is 28.9. The van der Waals surface area contributed by atoms with E-state index in [1.54, 1.807) is 5.56 Å². The number of nitrogens with one attached hydrogen (secondary N) is 1. The van der Waals surface area contributed by atoms with Crippen molar-refractivity contribution in [3.63, 3.8) is 0 Å². The molecule has 0 saturated heterocycles. The summed E-state index contributed by atoms with van der Waals surface area (Å²) in [5, 5.41) is 3.82. The van der Waals surface area contributed by atoms with Crippen LogP contribution in [0.25, 0.3) is 0 Å². The molecule has 0 spiro atoms. The molecule has 2 atom stereocenters. The van der Waals surface area contributed by atoms with E-state index in [-0.39, 0.29) is 0 Å². The maximum atomic E-state index is 3.82. The highest BCUT2D eigenvalue weighted by Crippen LogP contribution is 2.46. The predicted molar refractivity (Wildman–Crippen MR) is 76.8 cm³/mol. The van der Waals surface area contributed by atoms with Gasteiger partial charge in [-0.3, -0.25) is 0 Å². The first kappa shape index (κ1) is 12.2. The number of rotatable bonds is 4. The Morgan fingerprint density at radius 1 is 0.944 bits per heavy atom. The lowest BCUT2D eigenvalue weighted by atomic mass is 10.1. The van der Waals surface area contributed by atoms with Gasteiger partial charge in [-0.2, -0.15) is 0 Å². The second-order valence-electron chi connectivity index (χ2n) is 6.11. The van der Waals surface area contributed by atoms with Crippen molar-refractivity contribution in [1.82, 2.24) is 5.32 Å².